The maximum Gasteiger partial charge on any atom is 0.244 e. The van der Waals surface area contributed by atoms with Crippen molar-refractivity contribution in [3.05, 3.63) is 72.2 Å². The molecule has 3 aromatic rings. The number of carbonyl (C=O) groups excluding carboxylic acids is 1. The minimum absolute atomic E-state index is 0.169. The number of hydrogen-bond donors (Lipinski definition) is 1. The summed E-state index contributed by atoms with van der Waals surface area (Å²) in [6.07, 6.45) is 5.31. The molecule has 144 valence electrons. The van der Waals surface area contributed by atoms with Crippen LogP contribution in [-0.2, 0) is 4.79 Å². The van der Waals surface area contributed by atoms with E-state index in [4.69, 9.17) is 9.47 Å². The van der Waals surface area contributed by atoms with Crippen molar-refractivity contribution in [3.8, 4) is 11.5 Å². The summed E-state index contributed by atoms with van der Waals surface area (Å²) in [4.78, 5) is 16.2. The molecule has 5 nitrogen and oxygen atoms in total. The Morgan fingerprint density at radius 2 is 2.04 bits per heavy atom. The van der Waals surface area contributed by atoms with Gasteiger partial charge in [0.1, 0.15) is 11.3 Å². The van der Waals surface area contributed by atoms with Crippen LogP contribution in [0.25, 0.3) is 17.0 Å². The standard InChI is InChI=1S/C22H21FN2O3/c1-27-19-10-8-16(15-18(19)23)9-11-21(26)24-13-4-14-28-20-7-2-5-17-6-3-12-25-22(17)20/h2-3,5-12,15H,4,13-14H2,1H3,(H,24,26)/b11-9+. The summed E-state index contributed by atoms with van der Waals surface area (Å²) in [6.45, 7) is 0.932. The largest absolute Gasteiger partial charge is 0.494 e. The highest BCUT2D eigenvalue weighted by atomic mass is 19.1. The van der Waals surface area contributed by atoms with Crippen LogP contribution in [0.3, 0.4) is 0 Å². The molecule has 0 aliphatic carbocycles. The lowest BCUT2D eigenvalue weighted by atomic mass is 10.2. The first-order chi connectivity index (χ1) is 13.7. The molecule has 28 heavy (non-hydrogen) atoms. The van der Waals surface area contributed by atoms with Crippen LogP contribution in [0.15, 0.2) is 60.8 Å². The minimum atomic E-state index is -0.467. The number of benzene rings is 2. The van der Waals surface area contributed by atoms with Crippen LogP contribution in [0.5, 0.6) is 11.5 Å². The van der Waals surface area contributed by atoms with E-state index in [1.54, 1.807) is 18.3 Å². The zero-order valence-corrected chi connectivity index (χ0v) is 15.5. The summed E-state index contributed by atoms with van der Waals surface area (Å²) in [5, 5.41) is 3.80. The molecule has 0 aliphatic heterocycles. The summed E-state index contributed by atoms with van der Waals surface area (Å²) in [5.41, 5.74) is 1.41. The average Bonchev–Trinajstić information content (AvgIpc) is 2.72. The third-order valence-electron chi connectivity index (χ3n) is 4.08. The number of amides is 1. The Morgan fingerprint density at radius 1 is 1.18 bits per heavy atom. The van der Waals surface area contributed by atoms with Crippen molar-refractivity contribution in [2.75, 3.05) is 20.3 Å². The molecule has 0 bridgehead atoms. The second-order valence-electron chi connectivity index (χ2n) is 6.05. The van der Waals surface area contributed by atoms with E-state index in [0.717, 1.165) is 16.7 Å². The number of hydrogen-bond acceptors (Lipinski definition) is 4. The number of para-hydroxylation sites is 1. The molecule has 0 unspecified atom stereocenters. The van der Waals surface area contributed by atoms with Crippen LogP contribution in [0, 0.1) is 5.82 Å². The van der Waals surface area contributed by atoms with E-state index in [0.29, 0.717) is 25.1 Å². The van der Waals surface area contributed by atoms with Gasteiger partial charge in [0.15, 0.2) is 11.6 Å². The summed E-state index contributed by atoms with van der Waals surface area (Å²) in [6, 6.07) is 14.2. The van der Waals surface area contributed by atoms with Gasteiger partial charge in [0.05, 0.1) is 13.7 Å². The molecular weight excluding hydrogens is 359 g/mol. The molecule has 1 N–H and O–H groups in total. The van der Waals surface area contributed by atoms with Gasteiger partial charge < -0.3 is 14.8 Å². The predicted octanol–water partition coefficient (Wildman–Crippen LogP) is 3.98. The van der Waals surface area contributed by atoms with Crippen LogP contribution in [0.2, 0.25) is 0 Å². The topological polar surface area (TPSA) is 60.5 Å². The van der Waals surface area contributed by atoms with E-state index in [2.05, 4.69) is 10.3 Å². The number of methoxy groups -OCH3 is 1. The number of carbonyl (C=O) groups is 1. The fraction of sp³-hybridized carbons (Fsp3) is 0.182. The lowest BCUT2D eigenvalue weighted by Crippen LogP contribution is -2.23. The zero-order chi connectivity index (χ0) is 19.8. The SMILES string of the molecule is COc1ccc(/C=C/C(=O)NCCCOc2cccc3cccnc23)cc1F. The highest BCUT2D eigenvalue weighted by Crippen LogP contribution is 2.23. The van der Waals surface area contributed by atoms with Crippen molar-refractivity contribution in [2.45, 2.75) is 6.42 Å². The van der Waals surface area contributed by atoms with Gasteiger partial charge >= 0.3 is 0 Å². The molecule has 6 heteroatoms. The van der Waals surface area contributed by atoms with Crippen molar-refractivity contribution < 1.29 is 18.7 Å². The summed E-state index contributed by atoms with van der Waals surface area (Å²) < 4.78 is 24.3. The Labute approximate surface area is 162 Å². The normalized spacial score (nSPS) is 10.9. The van der Waals surface area contributed by atoms with Crippen molar-refractivity contribution in [1.82, 2.24) is 10.3 Å². The van der Waals surface area contributed by atoms with Crippen LogP contribution >= 0.6 is 0 Å². The van der Waals surface area contributed by atoms with Gasteiger partial charge in [-0.2, -0.15) is 0 Å². The molecule has 1 aromatic heterocycles. The van der Waals surface area contributed by atoms with E-state index in [-0.39, 0.29) is 11.7 Å². The summed E-state index contributed by atoms with van der Waals surface area (Å²) in [5.74, 6) is 0.182. The lowest BCUT2D eigenvalue weighted by molar-refractivity contribution is -0.116. The number of aromatic nitrogens is 1. The molecule has 0 aliphatic rings. The monoisotopic (exact) mass is 380 g/mol. The van der Waals surface area contributed by atoms with Crippen LogP contribution < -0.4 is 14.8 Å². The van der Waals surface area contributed by atoms with Gasteiger partial charge in [0, 0.05) is 24.2 Å². The first kappa shape index (κ1) is 19.4. The molecule has 1 heterocycles. The quantitative estimate of drug-likeness (QED) is 0.474. The van der Waals surface area contributed by atoms with Crippen molar-refractivity contribution in [1.29, 1.82) is 0 Å². The maximum absolute atomic E-state index is 13.6. The third-order valence-corrected chi connectivity index (χ3v) is 4.08. The van der Waals surface area contributed by atoms with Crippen LogP contribution in [-0.4, -0.2) is 31.2 Å². The zero-order valence-electron chi connectivity index (χ0n) is 15.5. The number of nitrogens with zero attached hydrogens (tertiary/aromatic N) is 1. The van der Waals surface area contributed by atoms with Crippen molar-refractivity contribution in [2.24, 2.45) is 0 Å². The van der Waals surface area contributed by atoms with E-state index < -0.39 is 5.82 Å². The minimum Gasteiger partial charge on any atom is -0.494 e. The molecule has 1 amide bonds. The Bertz CT molecular complexity index is 983. The fourth-order valence-corrected chi connectivity index (χ4v) is 2.68. The van der Waals surface area contributed by atoms with Gasteiger partial charge in [-0.25, -0.2) is 4.39 Å². The smallest absolute Gasteiger partial charge is 0.244 e. The van der Waals surface area contributed by atoms with Crippen LogP contribution in [0.4, 0.5) is 4.39 Å². The van der Waals surface area contributed by atoms with Crippen LogP contribution in [0.1, 0.15) is 12.0 Å². The number of rotatable bonds is 8. The predicted molar refractivity (Wildman–Crippen MR) is 107 cm³/mol. The van der Waals surface area contributed by atoms with Crippen molar-refractivity contribution >= 4 is 22.9 Å². The van der Waals surface area contributed by atoms with E-state index in [1.807, 2.05) is 30.3 Å². The molecule has 0 radical (unpaired) electrons. The van der Waals surface area contributed by atoms with Gasteiger partial charge in [-0.15, -0.1) is 0 Å². The fourth-order valence-electron chi connectivity index (χ4n) is 2.68. The Morgan fingerprint density at radius 3 is 2.86 bits per heavy atom. The van der Waals surface area contributed by atoms with Gasteiger partial charge in [-0.05, 0) is 42.3 Å². The Hall–Kier alpha value is -3.41. The molecule has 0 fully saturated rings. The molecule has 0 atom stereocenters. The van der Waals surface area contributed by atoms with E-state index in [1.165, 1.54) is 25.3 Å². The molecule has 0 saturated carbocycles. The third kappa shape index (κ3) is 5.07. The first-order valence-corrected chi connectivity index (χ1v) is 8.93. The van der Waals surface area contributed by atoms with E-state index in [9.17, 15) is 9.18 Å². The number of fused-ring (bicyclic) bond motifs is 1. The summed E-state index contributed by atoms with van der Waals surface area (Å²) >= 11 is 0. The molecule has 2 aromatic carbocycles. The molecule has 3 rings (SSSR count). The van der Waals surface area contributed by atoms with Gasteiger partial charge in [0.2, 0.25) is 5.91 Å². The molecule has 0 saturated heterocycles. The highest BCUT2D eigenvalue weighted by molar-refractivity contribution is 5.91. The highest BCUT2D eigenvalue weighted by Gasteiger charge is 2.04. The second kappa shape index (κ2) is 9.50. The maximum atomic E-state index is 13.6. The van der Waals surface area contributed by atoms with Gasteiger partial charge in [-0.3, -0.25) is 9.78 Å². The van der Waals surface area contributed by atoms with Gasteiger partial charge in [0.25, 0.3) is 0 Å². The molecular formula is C22H21FN2O3. The van der Waals surface area contributed by atoms with Crippen molar-refractivity contribution in [3.63, 3.8) is 0 Å². The summed E-state index contributed by atoms with van der Waals surface area (Å²) in [7, 11) is 1.40. The first-order valence-electron chi connectivity index (χ1n) is 8.93. The molecule has 0 spiro atoms. The number of nitrogens with one attached hydrogen (secondary N) is 1. The van der Waals surface area contributed by atoms with E-state index >= 15 is 0 Å². The Kier molecular flexibility index (Phi) is 6.57. The Balaban J connectivity index is 1.42. The average molecular weight is 380 g/mol. The lowest BCUT2D eigenvalue weighted by Gasteiger charge is -2.08. The number of ether oxygens (including phenoxy) is 2. The number of halogens is 1. The number of pyridine rings is 1. The van der Waals surface area contributed by atoms with Gasteiger partial charge in [-0.1, -0.05) is 24.3 Å². The second-order valence-corrected chi connectivity index (χ2v) is 6.05.